The molecule has 2 N–H and O–H groups in total. The number of piperidine rings is 1. The Bertz CT molecular complexity index is 148. The number of hydrogen-bond donors (Lipinski definition) is 2. The van der Waals surface area contributed by atoms with E-state index in [1.54, 1.807) is 0 Å². The van der Waals surface area contributed by atoms with Crippen LogP contribution in [0.3, 0.4) is 0 Å². The van der Waals surface area contributed by atoms with Gasteiger partial charge in [0.25, 0.3) is 0 Å². The Morgan fingerprint density at radius 3 is 2.50 bits per heavy atom. The van der Waals surface area contributed by atoms with Gasteiger partial charge in [-0.3, -0.25) is 0 Å². The highest BCUT2D eigenvalue weighted by Gasteiger charge is 2.19. The quantitative estimate of drug-likeness (QED) is 0.634. The zero-order chi connectivity index (χ0) is 9.64. The standard InChI is InChI=1S/C12H24N2/c1(2-8-14-12-4-5-12)3-11-6-9-13-10-7-11/h11-14H,1-10H2. The van der Waals surface area contributed by atoms with Gasteiger partial charge in [-0.05, 0) is 57.7 Å². The van der Waals surface area contributed by atoms with E-state index in [1.807, 2.05) is 0 Å². The van der Waals surface area contributed by atoms with Crippen LogP contribution in [0, 0.1) is 5.92 Å². The van der Waals surface area contributed by atoms with Crippen LogP contribution in [-0.4, -0.2) is 25.7 Å². The van der Waals surface area contributed by atoms with Gasteiger partial charge >= 0.3 is 0 Å². The number of hydrogen-bond acceptors (Lipinski definition) is 2. The van der Waals surface area contributed by atoms with E-state index in [0.717, 1.165) is 12.0 Å². The Hall–Kier alpha value is -0.0800. The molecule has 0 amide bonds. The maximum atomic E-state index is 3.58. The average Bonchev–Trinajstić information content (AvgIpc) is 3.03. The Morgan fingerprint density at radius 1 is 1.00 bits per heavy atom. The van der Waals surface area contributed by atoms with Gasteiger partial charge in [0.15, 0.2) is 0 Å². The molecule has 2 nitrogen and oxygen atoms in total. The molecule has 1 saturated carbocycles. The predicted molar refractivity (Wildman–Crippen MR) is 60.5 cm³/mol. The smallest absolute Gasteiger partial charge is 0.00682 e. The van der Waals surface area contributed by atoms with Crippen molar-refractivity contribution in [1.82, 2.24) is 10.6 Å². The van der Waals surface area contributed by atoms with Crippen molar-refractivity contribution in [3.63, 3.8) is 0 Å². The summed E-state index contributed by atoms with van der Waals surface area (Å²) in [7, 11) is 0. The highest BCUT2D eigenvalue weighted by Crippen LogP contribution is 2.20. The first-order chi connectivity index (χ1) is 6.95. The van der Waals surface area contributed by atoms with E-state index in [0.29, 0.717) is 0 Å². The molecule has 0 spiro atoms. The number of unbranched alkanes of at least 4 members (excludes halogenated alkanes) is 1. The number of nitrogens with one attached hydrogen (secondary N) is 2. The van der Waals surface area contributed by atoms with E-state index in [4.69, 9.17) is 0 Å². The van der Waals surface area contributed by atoms with Crippen molar-refractivity contribution in [3.8, 4) is 0 Å². The van der Waals surface area contributed by atoms with Gasteiger partial charge in [0.2, 0.25) is 0 Å². The highest BCUT2D eigenvalue weighted by molar-refractivity contribution is 4.80. The van der Waals surface area contributed by atoms with Crippen LogP contribution in [0.4, 0.5) is 0 Å². The third kappa shape index (κ3) is 3.97. The molecule has 0 aromatic heterocycles. The molecule has 0 radical (unpaired) electrons. The maximum absolute atomic E-state index is 3.58. The molecular formula is C12H24N2. The first kappa shape index (κ1) is 10.4. The van der Waals surface area contributed by atoms with Crippen molar-refractivity contribution in [2.45, 2.75) is 51.0 Å². The van der Waals surface area contributed by atoms with Gasteiger partial charge in [-0.25, -0.2) is 0 Å². The van der Waals surface area contributed by atoms with E-state index >= 15 is 0 Å². The fourth-order valence-electron chi connectivity index (χ4n) is 2.32. The SMILES string of the molecule is C(CCC1CCNCC1)CNC1CC1. The first-order valence-corrected chi connectivity index (χ1v) is 6.39. The summed E-state index contributed by atoms with van der Waals surface area (Å²) in [6, 6.07) is 0.897. The summed E-state index contributed by atoms with van der Waals surface area (Å²) >= 11 is 0. The summed E-state index contributed by atoms with van der Waals surface area (Å²) in [5.41, 5.74) is 0. The second-order valence-corrected chi connectivity index (χ2v) is 4.92. The lowest BCUT2D eigenvalue weighted by molar-refractivity contribution is 0.343. The predicted octanol–water partition coefficient (Wildman–Crippen LogP) is 1.91. The Morgan fingerprint density at radius 2 is 1.79 bits per heavy atom. The molecule has 0 atom stereocenters. The van der Waals surface area contributed by atoms with Crippen LogP contribution in [-0.2, 0) is 0 Å². The molecule has 0 unspecified atom stereocenters. The van der Waals surface area contributed by atoms with E-state index < -0.39 is 0 Å². The lowest BCUT2D eigenvalue weighted by Gasteiger charge is -2.22. The highest BCUT2D eigenvalue weighted by atomic mass is 14.9. The summed E-state index contributed by atoms with van der Waals surface area (Å²) in [6.45, 7) is 3.77. The summed E-state index contributed by atoms with van der Waals surface area (Å²) < 4.78 is 0. The minimum Gasteiger partial charge on any atom is -0.317 e. The Labute approximate surface area is 87.8 Å². The van der Waals surface area contributed by atoms with Crippen molar-refractivity contribution in [1.29, 1.82) is 0 Å². The molecular weight excluding hydrogens is 172 g/mol. The molecule has 2 fully saturated rings. The van der Waals surface area contributed by atoms with Crippen molar-refractivity contribution in [3.05, 3.63) is 0 Å². The van der Waals surface area contributed by atoms with Crippen LogP contribution >= 0.6 is 0 Å². The molecule has 2 rings (SSSR count). The van der Waals surface area contributed by atoms with Crippen molar-refractivity contribution in [2.75, 3.05) is 19.6 Å². The largest absolute Gasteiger partial charge is 0.317 e. The molecule has 2 aliphatic rings. The normalized spacial score (nSPS) is 24.0. The van der Waals surface area contributed by atoms with Gasteiger partial charge in [-0.1, -0.05) is 12.8 Å². The monoisotopic (exact) mass is 196 g/mol. The molecule has 0 bridgehead atoms. The average molecular weight is 196 g/mol. The van der Waals surface area contributed by atoms with Gasteiger partial charge < -0.3 is 10.6 Å². The molecule has 82 valence electrons. The van der Waals surface area contributed by atoms with E-state index in [2.05, 4.69) is 10.6 Å². The Balaban J connectivity index is 1.41. The molecule has 1 saturated heterocycles. The van der Waals surface area contributed by atoms with Crippen LogP contribution in [0.5, 0.6) is 0 Å². The van der Waals surface area contributed by atoms with Crippen molar-refractivity contribution >= 4 is 0 Å². The van der Waals surface area contributed by atoms with Crippen LogP contribution in [0.25, 0.3) is 0 Å². The maximum Gasteiger partial charge on any atom is 0.00682 e. The van der Waals surface area contributed by atoms with Gasteiger partial charge in [0, 0.05) is 6.04 Å². The lowest BCUT2D eigenvalue weighted by Crippen LogP contribution is -2.27. The minimum atomic E-state index is 0.897. The van der Waals surface area contributed by atoms with Crippen LogP contribution < -0.4 is 10.6 Å². The third-order valence-corrected chi connectivity index (χ3v) is 3.51. The summed E-state index contributed by atoms with van der Waals surface area (Å²) in [5.74, 6) is 1.03. The van der Waals surface area contributed by atoms with Crippen LogP contribution in [0.2, 0.25) is 0 Å². The van der Waals surface area contributed by atoms with Gasteiger partial charge in [0.05, 0.1) is 0 Å². The summed E-state index contributed by atoms with van der Waals surface area (Å²) in [6.07, 6.45) is 9.97. The van der Waals surface area contributed by atoms with E-state index in [1.165, 1.54) is 64.6 Å². The third-order valence-electron chi connectivity index (χ3n) is 3.51. The Kier molecular flexibility index (Phi) is 4.26. The fraction of sp³-hybridized carbons (Fsp3) is 1.00. The molecule has 0 aromatic rings. The zero-order valence-corrected chi connectivity index (χ0v) is 9.23. The molecule has 2 heteroatoms. The summed E-state index contributed by atoms with van der Waals surface area (Å²) in [5, 5.41) is 7.01. The molecule has 14 heavy (non-hydrogen) atoms. The summed E-state index contributed by atoms with van der Waals surface area (Å²) in [4.78, 5) is 0. The fourth-order valence-corrected chi connectivity index (χ4v) is 2.32. The molecule has 1 aliphatic carbocycles. The van der Waals surface area contributed by atoms with Gasteiger partial charge in [0.1, 0.15) is 0 Å². The zero-order valence-electron chi connectivity index (χ0n) is 9.23. The lowest BCUT2D eigenvalue weighted by atomic mass is 9.92. The molecule has 1 heterocycles. The van der Waals surface area contributed by atoms with E-state index in [-0.39, 0.29) is 0 Å². The van der Waals surface area contributed by atoms with Crippen LogP contribution in [0.1, 0.15) is 44.9 Å². The molecule has 0 aromatic carbocycles. The second-order valence-electron chi connectivity index (χ2n) is 4.92. The van der Waals surface area contributed by atoms with E-state index in [9.17, 15) is 0 Å². The van der Waals surface area contributed by atoms with Gasteiger partial charge in [-0.2, -0.15) is 0 Å². The van der Waals surface area contributed by atoms with Crippen molar-refractivity contribution in [2.24, 2.45) is 5.92 Å². The number of rotatable bonds is 6. The first-order valence-electron chi connectivity index (χ1n) is 6.39. The molecule has 1 aliphatic heterocycles. The second kappa shape index (κ2) is 5.72. The van der Waals surface area contributed by atoms with Gasteiger partial charge in [-0.15, -0.1) is 0 Å². The van der Waals surface area contributed by atoms with Crippen molar-refractivity contribution < 1.29 is 0 Å². The minimum absolute atomic E-state index is 0.897. The topological polar surface area (TPSA) is 24.1 Å². The van der Waals surface area contributed by atoms with Crippen LogP contribution in [0.15, 0.2) is 0 Å².